The van der Waals surface area contributed by atoms with Crippen LogP contribution in [0.1, 0.15) is 18.9 Å². The summed E-state index contributed by atoms with van der Waals surface area (Å²) in [6.07, 6.45) is -6.83. The summed E-state index contributed by atoms with van der Waals surface area (Å²) in [6.45, 7) is -5.29. The molecule has 2 aliphatic rings. The van der Waals surface area contributed by atoms with Crippen LogP contribution in [0, 0.1) is 0 Å². The van der Waals surface area contributed by atoms with E-state index in [2.05, 4.69) is 41.7 Å². The fraction of sp³-hybridized carbons (Fsp3) is 0.500. The molecule has 6 heterocycles. The van der Waals surface area contributed by atoms with Gasteiger partial charge >= 0.3 is 15.0 Å². The molecule has 0 aromatic carbocycles. The van der Waals surface area contributed by atoms with Crippen LogP contribution in [0.4, 0.5) is 20.5 Å². The van der Waals surface area contributed by atoms with Crippen LogP contribution in [0.15, 0.2) is 23.8 Å². The van der Waals surface area contributed by atoms with E-state index in [1.54, 1.807) is 0 Å². The van der Waals surface area contributed by atoms with Crippen LogP contribution in [0.3, 0.4) is 0 Å². The Labute approximate surface area is 249 Å². The number of nitrogen functional groups attached to an aromatic ring is 2. The van der Waals surface area contributed by atoms with E-state index in [0.29, 0.717) is 0 Å². The molecule has 2 aliphatic heterocycles. The van der Waals surface area contributed by atoms with Gasteiger partial charge in [0.25, 0.3) is 5.56 Å². The van der Waals surface area contributed by atoms with E-state index in [1.807, 2.05) is 0 Å². The summed E-state index contributed by atoms with van der Waals surface area (Å²) >= 11 is 4.45. The van der Waals surface area contributed by atoms with E-state index < -0.39 is 76.9 Å². The molecule has 0 saturated carbocycles. The molecule has 236 valence electrons. The van der Waals surface area contributed by atoms with Crippen molar-refractivity contribution in [3.63, 3.8) is 0 Å². The van der Waals surface area contributed by atoms with E-state index >= 15 is 4.39 Å². The zero-order valence-corrected chi connectivity index (χ0v) is 24.6. The molecule has 0 bridgehead atoms. The molecule has 4 aromatic rings. The quantitative estimate of drug-likeness (QED) is 0.141. The van der Waals surface area contributed by atoms with Crippen molar-refractivity contribution in [2.45, 2.75) is 49.5 Å². The average Bonchev–Trinajstić information content (AvgIpc) is 3.72. The third-order valence-corrected chi connectivity index (χ3v) is 8.34. The lowest BCUT2D eigenvalue weighted by atomic mass is 10.1. The third kappa shape index (κ3) is 6.05. The van der Waals surface area contributed by atoms with Crippen molar-refractivity contribution in [3.8, 4) is 0 Å². The number of nitrogens with one attached hydrogen (secondary N) is 1. The lowest BCUT2D eigenvalue weighted by Gasteiger charge is -2.16. The van der Waals surface area contributed by atoms with Crippen molar-refractivity contribution in [1.82, 2.24) is 39.0 Å². The van der Waals surface area contributed by atoms with Crippen LogP contribution in [-0.4, -0.2) is 92.7 Å². The van der Waals surface area contributed by atoms with Gasteiger partial charge in [0.15, 0.2) is 47.4 Å². The molecule has 1 unspecified atom stereocenters. The largest absolute Gasteiger partial charge is 0.697 e. The number of aromatic amines is 1. The van der Waals surface area contributed by atoms with Crippen LogP contribution in [0.2, 0.25) is 0 Å². The molecular formula is C20H23F2N10O9P2S+. The van der Waals surface area contributed by atoms with Gasteiger partial charge in [-0.05, 0) is 11.8 Å². The Bertz CT molecular complexity index is 1820. The Morgan fingerprint density at radius 2 is 1.82 bits per heavy atom. The molecule has 7 N–H and O–H groups in total. The molecule has 0 spiro atoms. The maximum absolute atomic E-state index is 15.8. The molecule has 0 amide bonds. The molecule has 4 aromatic heterocycles. The number of nitrogens with two attached hydrogens (primary N) is 2. The Kier molecular flexibility index (Phi) is 8.39. The first-order valence-electron chi connectivity index (χ1n) is 12.6. The normalized spacial score (nSPS) is 27.9. The zero-order chi connectivity index (χ0) is 31.3. The Morgan fingerprint density at radius 1 is 1.09 bits per heavy atom. The lowest BCUT2D eigenvalue weighted by molar-refractivity contribution is -0.0437. The van der Waals surface area contributed by atoms with E-state index in [0.717, 1.165) is 10.9 Å². The number of ether oxygens (including phenoxy) is 2. The first kappa shape index (κ1) is 30.8. The van der Waals surface area contributed by atoms with Gasteiger partial charge in [0.05, 0.1) is 25.4 Å². The number of anilines is 2. The van der Waals surface area contributed by atoms with Crippen LogP contribution in [0.25, 0.3) is 22.3 Å². The second-order valence-corrected chi connectivity index (χ2v) is 13.2. The minimum Gasteiger partial charge on any atom is -0.382 e. The number of imidazole rings is 2. The van der Waals surface area contributed by atoms with Gasteiger partial charge in [-0.25, -0.2) is 28.7 Å². The summed E-state index contributed by atoms with van der Waals surface area (Å²) in [7, 11) is -3.07. The fourth-order valence-corrected chi connectivity index (χ4v) is 6.18. The zero-order valence-electron chi connectivity index (χ0n) is 22.0. The van der Waals surface area contributed by atoms with Gasteiger partial charge in [-0.2, -0.15) is 4.98 Å². The highest BCUT2D eigenvalue weighted by Crippen LogP contribution is 2.44. The maximum Gasteiger partial charge on any atom is 0.697 e. The SMILES string of the molecule is Nc1nc2c(ncn2[C@@H]2O[C@H](COP(O)(O)=S)[C@@H](O[P+](=O)OC[C@@H]3C[C@@H](F)[C@H](n4cnc5c(N)ncnc54)O3)[C@H]2F)c(=O)[nH]1. The monoisotopic (exact) mass is 679 g/mol. The van der Waals surface area contributed by atoms with Crippen LogP contribution in [0.5, 0.6) is 0 Å². The van der Waals surface area contributed by atoms with Crippen LogP contribution >= 0.6 is 15.0 Å². The number of rotatable bonds is 10. The second-order valence-electron chi connectivity index (χ2n) is 9.64. The lowest BCUT2D eigenvalue weighted by Crippen LogP contribution is -2.33. The number of halogens is 2. The number of alkyl halides is 2. The minimum atomic E-state index is -4.20. The molecule has 0 aliphatic carbocycles. The van der Waals surface area contributed by atoms with Gasteiger partial charge in [-0.3, -0.25) is 18.9 Å². The number of fused-ring (bicyclic) bond motifs is 2. The topological polar surface area (TPSA) is 263 Å². The summed E-state index contributed by atoms with van der Waals surface area (Å²) in [5, 5.41) is 0. The number of hydrogen-bond acceptors (Lipinski definition) is 15. The van der Waals surface area contributed by atoms with Gasteiger partial charge in [0.2, 0.25) is 5.95 Å². The van der Waals surface area contributed by atoms with Crippen LogP contribution in [-0.2, 0) is 39.4 Å². The molecule has 24 heteroatoms. The van der Waals surface area contributed by atoms with E-state index in [9.17, 15) is 23.5 Å². The number of nitrogens with zero attached hydrogens (tertiary/aromatic N) is 7. The van der Waals surface area contributed by atoms with E-state index in [1.165, 1.54) is 17.2 Å². The van der Waals surface area contributed by atoms with Crippen molar-refractivity contribution >= 4 is 60.9 Å². The number of H-pyrrole nitrogens is 1. The third-order valence-electron chi connectivity index (χ3n) is 6.76. The first-order chi connectivity index (χ1) is 20.9. The molecule has 2 saturated heterocycles. The van der Waals surface area contributed by atoms with Crippen molar-refractivity contribution in [2.24, 2.45) is 0 Å². The fourth-order valence-electron chi connectivity index (χ4n) is 4.86. The summed E-state index contributed by atoms with van der Waals surface area (Å²) in [5.41, 5.74) is 10.9. The van der Waals surface area contributed by atoms with Crippen molar-refractivity contribution in [2.75, 3.05) is 24.7 Å². The van der Waals surface area contributed by atoms with Crippen LogP contribution < -0.4 is 17.0 Å². The summed E-state index contributed by atoms with van der Waals surface area (Å²) in [6, 6.07) is 0. The standard InChI is InChI=1S/C20H22F2N10O9P2S/c21-8-1-7(39-18(8)31-5-27-11-14(23)25-4-26-15(11)31)2-37-42(34)41-13-9(3-38-43(35,36)44)40-19(10(13)22)32-6-28-12-16(32)29-20(24)30-17(12)33/h4-10,13,18-19H,1-3H2,(H6-,23,24,25,26,29,30,33,35,36,44)/p+1/t7-,8+,9+,10+,13+,18+,19+/m0/s1. The number of hydrogen-bond donors (Lipinski definition) is 5. The average molecular weight is 679 g/mol. The van der Waals surface area contributed by atoms with Gasteiger partial charge in [-0.15, -0.1) is 9.05 Å². The highest BCUT2D eigenvalue weighted by atomic mass is 32.5. The van der Waals surface area contributed by atoms with Crippen molar-refractivity contribution in [1.29, 1.82) is 0 Å². The highest BCUT2D eigenvalue weighted by molar-refractivity contribution is 8.06. The minimum absolute atomic E-state index is 0.109. The van der Waals surface area contributed by atoms with Crippen molar-refractivity contribution < 1.29 is 46.2 Å². The second kappa shape index (κ2) is 12.0. The smallest absolute Gasteiger partial charge is 0.382 e. The summed E-state index contributed by atoms with van der Waals surface area (Å²) in [5.74, 6) is -0.161. The molecule has 0 radical (unpaired) electrons. The first-order valence-corrected chi connectivity index (χ1v) is 16.3. The molecule has 8 atom stereocenters. The molecule has 6 rings (SSSR count). The molecule has 2 fully saturated rings. The molecule has 19 nitrogen and oxygen atoms in total. The van der Waals surface area contributed by atoms with Gasteiger partial charge < -0.3 is 35.3 Å². The Hall–Kier alpha value is -3.17. The Balaban J connectivity index is 1.13. The van der Waals surface area contributed by atoms with Gasteiger partial charge in [0.1, 0.15) is 30.7 Å². The van der Waals surface area contributed by atoms with Gasteiger partial charge in [0, 0.05) is 11.0 Å². The number of aromatic nitrogens is 8. The molecule has 44 heavy (non-hydrogen) atoms. The maximum atomic E-state index is 15.8. The van der Waals surface area contributed by atoms with Crippen molar-refractivity contribution in [3.05, 3.63) is 29.3 Å². The predicted octanol–water partition coefficient (Wildman–Crippen LogP) is 0.270. The predicted molar refractivity (Wildman–Crippen MR) is 148 cm³/mol. The Morgan fingerprint density at radius 3 is 2.57 bits per heavy atom. The van der Waals surface area contributed by atoms with Gasteiger partial charge in [-0.1, -0.05) is 0 Å². The van der Waals surface area contributed by atoms with E-state index in [-0.39, 0.29) is 40.5 Å². The summed E-state index contributed by atoms with van der Waals surface area (Å²) < 4.78 is 72.7. The summed E-state index contributed by atoms with van der Waals surface area (Å²) in [4.78, 5) is 53.3. The van der Waals surface area contributed by atoms with E-state index in [4.69, 9.17) is 34.5 Å². The molecular weight excluding hydrogens is 656 g/mol. The highest BCUT2D eigenvalue weighted by Gasteiger charge is 2.53.